The molecule has 0 bridgehead atoms. The lowest BCUT2D eigenvalue weighted by molar-refractivity contribution is -0.127. The van der Waals surface area contributed by atoms with Gasteiger partial charge in [-0.3, -0.25) is 9.69 Å². The van der Waals surface area contributed by atoms with E-state index in [0.717, 1.165) is 13.1 Å². The van der Waals surface area contributed by atoms with Crippen LogP contribution in [0.15, 0.2) is 24.3 Å². The number of piperazine rings is 1. The zero-order chi connectivity index (χ0) is 13.7. The predicted octanol–water partition coefficient (Wildman–Crippen LogP) is 0.736. The quantitative estimate of drug-likeness (QED) is 0.844. The van der Waals surface area contributed by atoms with Gasteiger partial charge in [-0.25, -0.2) is 4.39 Å². The van der Waals surface area contributed by atoms with E-state index in [2.05, 4.69) is 10.6 Å². The van der Waals surface area contributed by atoms with Crippen LogP contribution in [-0.4, -0.2) is 43.0 Å². The van der Waals surface area contributed by atoms with Crippen molar-refractivity contribution in [3.05, 3.63) is 35.6 Å². The van der Waals surface area contributed by atoms with Crippen LogP contribution in [0.5, 0.6) is 0 Å². The zero-order valence-corrected chi connectivity index (χ0v) is 11.2. The molecule has 0 radical (unpaired) electrons. The Bertz CT molecular complexity index is 438. The van der Waals surface area contributed by atoms with E-state index in [1.54, 1.807) is 12.1 Å². The summed E-state index contributed by atoms with van der Waals surface area (Å²) in [4.78, 5) is 14.0. The van der Waals surface area contributed by atoms with Crippen LogP contribution in [0.4, 0.5) is 4.39 Å². The first-order valence-electron chi connectivity index (χ1n) is 6.68. The number of hydrogen-bond donors (Lipinski definition) is 2. The molecule has 104 valence electrons. The molecule has 1 unspecified atom stereocenters. The number of amides is 1. The summed E-state index contributed by atoms with van der Waals surface area (Å²) in [6.07, 6.45) is 0. The highest BCUT2D eigenvalue weighted by molar-refractivity contribution is 5.82. The van der Waals surface area contributed by atoms with Crippen LogP contribution < -0.4 is 10.6 Å². The van der Waals surface area contributed by atoms with Crippen molar-refractivity contribution in [1.29, 1.82) is 0 Å². The Hall–Kier alpha value is -1.46. The smallest absolute Gasteiger partial charge is 0.238 e. The van der Waals surface area contributed by atoms with Crippen LogP contribution in [0.25, 0.3) is 0 Å². The highest BCUT2D eigenvalue weighted by atomic mass is 19.1. The summed E-state index contributed by atoms with van der Waals surface area (Å²) < 4.78 is 13.7. The van der Waals surface area contributed by atoms with Crippen LogP contribution in [0.3, 0.4) is 0 Å². The van der Waals surface area contributed by atoms with Crippen molar-refractivity contribution in [2.45, 2.75) is 19.5 Å². The SMILES string of the molecule is CCNC(=O)C1CNCCN1Cc1ccccc1F. The lowest BCUT2D eigenvalue weighted by Crippen LogP contribution is -2.57. The minimum absolute atomic E-state index is 0.00559. The molecule has 0 spiro atoms. The van der Waals surface area contributed by atoms with Crippen LogP contribution in [0.1, 0.15) is 12.5 Å². The van der Waals surface area contributed by atoms with Gasteiger partial charge in [0.2, 0.25) is 5.91 Å². The van der Waals surface area contributed by atoms with E-state index < -0.39 is 0 Å². The standard InChI is InChI=1S/C14H20FN3O/c1-2-17-14(19)13-9-16-7-8-18(13)10-11-5-3-4-6-12(11)15/h3-6,13,16H,2,7-10H2,1H3,(H,17,19). The first-order valence-corrected chi connectivity index (χ1v) is 6.68. The van der Waals surface area contributed by atoms with Gasteiger partial charge in [-0.15, -0.1) is 0 Å². The average Bonchev–Trinajstić information content (AvgIpc) is 2.42. The van der Waals surface area contributed by atoms with Gasteiger partial charge in [0.1, 0.15) is 11.9 Å². The van der Waals surface area contributed by atoms with Gasteiger partial charge in [0.05, 0.1) is 0 Å². The Morgan fingerprint density at radius 2 is 2.32 bits per heavy atom. The first-order chi connectivity index (χ1) is 9.22. The van der Waals surface area contributed by atoms with Crippen LogP contribution in [-0.2, 0) is 11.3 Å². The van der Waals surface area contributed by atoms with Gasteiger partial charge in [-0.05, 0) is 13.0 Å². The number of carbonyl (C=O) groups excluding carboxylic acids is 1. The van der Waals surface area contributed by atoms with Gasteiger partial charge in [0.25, 0.3) is 0 Å². The fraction of sp³-hybridized carbons (Fsp3) is 0.500. The van der Waals surface area contributed by atoms with E-state index >= 15 is 0 Å². The van der Waals surface area contributed by atoms with E-state index in [9.17, 15) is 9.18 Å². The summed E-state index contributed by atoms with van der Waals surface area (Å²) in [5.41, 5.74) is 0.638. The highest BCUT2D eigenvalue weighted by Gasteiger charge is 2.28. The second-order valence-corrected chi connectivity index (χ2v) is 4.68. The maximum absolute atomic E-state index is 13.7. The third kappa shape index (κ3) is 3.52. The monoisotopic (exact) mass is 265 g/mol. The third-order valence-corrected chi connectivity index (χ3v) is 3.34. The van der Waals surface area contributed by atoms with E-state index in [1.165, 1.54) is 6.07 Å². The minimum atomic E-state index is -0.228. The van der Waals surface area contributed by atoms with Gasteiger partial charge >= 0.3 is 0 Å². The highest BCUT2D eigenvalue weighted by Crippen LogP contribution is 2.13. The number of nitrogens with zero attached hydrogens (tertiary/aromatic N) is 1. The zero-order valence-electron chi connectivity index (χ0n) is 11.2. The second-order valence-electron chi connectivity index (χ2n) is 4.68. The molecule has 1 fully saturated rings. The number of benzene rings is 1. The molecule has 1 aliphatic rings. The summed E-state index contributed by atoms with van der Waals surface area (Å²) in [6.45, 7) is 5.16. The molecule has 1 saturated heterocycles. The Labute approximate surface area is 113 Å². The summed E-state index contributed by atoms with van der Waals surface area (Å²) in [5, 5.41) is 6.04. The number of carbonyl (C=O) groups is 1. The molecule has 5 heteroatoms. The third-order valence-electron chi connectivity index (χ3n) is 3.34. The number of rotatable bonds is 4. The molecule has 1 amide bonds. The number of nitrogens with one attached hydrogen (secondary N) is 2. The van der Waals surface area contributed by atoms with E-state index in [-0.39, 0.29) is 17.8 Å². The molecular formula is C14H20FN3O. The topological polar surface area (TPSA) is 44.4 Å². The maximum Gasteiger partial charge on any atom is 0.238 e. The maximum atomic E-state index is 13.7. The fourth-order valence-corrected chi connectivity index (χ4v) is 2.33. The normalized spacial score (nSPS) is 20.2. The van der Waals surface area contributed by atoms with Gasteiger partial charge in [-0.2, -0.15) is 0 Å². The molecular weight excluding hydrogens is 245 g/mol. The number of likely N-dealkylation sites (N-methyl/N-ethyl adjacent to an activating group) is 1. The molecule has 1 aromatic carbocycles. The van der Waals surface area contributed by atoms with Crippen molar-refractivity contribution in [2.75, 3.05) is 26.2 Å². The van der Waals surface area contributed by atoms with E-state index in [0.29, 0.717) is 25.2 Å². The van der Waals surface area contributed by atoms with Gasteiger partial charge < -0.3 is 10.6 Å². The number of halogens is 1. The molecule has 2 rings (SSSR count). The van der Waals surface area contributed by atoms with Crippen molar-refractivity contribution in [3.8, 4) is 0 Å². The van der Waals surface area contributed by atoms with Crippen LogP contribution in [0.2, 0.25) is 0 Å². The fourth-order valence-electron chi connectivity index (χ4n) is 2.33. The summed E-state index contributed by atoms with van der Waals surface area (Å²) >= 11 is 0. The van der Waals surface area contributed by atoms with E-state index in [4.69, 9.17) is 0 Å². The molecule has 4 nitrogen and oxygen atoms in total. The Morgan fingerprint density at radius 1 is 1.53 bits per heavy atom. The minimum Gasteiger partial charge on any atom is -0.355 e. The van der Waals surface area contributed by atoms with Crippen LogP contribution in [0, 0.1) is 5.82 Å². The van der Waals surface area contributed by atoms with Gasteiger partial charge in [0.15, 0.2) is 0 Å². The molecule has 19 heavy (non-hydrogen) atoms. The van der Waals surface area contributed by atoms with Crippen molar-refractivity contribution < 1.29 is 9.18 Å². The molecule has 0 aliphatic carbocycles. The summed E-state index contributed by atoms with van der Waals surface area (Å²) in [7, 11) is 0. The summed E-state index contributed by atoms with van der Waals surface area (Å²) in [6, 6.07) is 6.50. The molecule has 1 aromatic rings. The van der Waals surface area contributed by atoms with E-state index in [1.807, 2.05) is 17.9 Å². The van der Waals surface area contributed by atoms with Crippen molar-refractivity contribution in [1.82, 2.24) is 15.5 Å². The number of hydrogen-bond acceptors (Lipinski definition) is 3. The molecule has 1 atom stereocenters. The van der Waals surface area contributed by atoms with Crippen molar-refractivity contribution in [2.24, 2.45) is 0 Å². The van der Waals surface area contributed by atoms with Crippen molar-refractivity contribution in [3.63, 3.8) is 0 Å². The van der Waals surface area contributed by atoms with Gasteiger partial charge in [0, 0.05) is 38.3 Å². The largest absolute Gasteiger partial charge is 0.355 e. The molecule has 1 aliphatic heterocycles. The van der Waals surface area contributed by atoms with Gasteiger partial charge in [-0.1, -0.05) is 18.2 Å². The van der Waals surface area contributed by atoms with Crippen molar-refractivity contribution >= 4 is 5.91 Å². The molecule has 2 N–H and O–H groups in total. The Kier molecular flexibility index (Phi) is 4.87. The lowest BCUT2D eigenvalue weighted by Gasteiger charge is -2.35. The summed E-state index contributed by atoms with van der Waals surface area (Å²) in [5.74, 6) is -0.207. The second kappa shape index (κ2) is 6.63. The Balaban J connectivity index is 2.07. The molecule has 0 saturated carbocycles. The first kappa shape index (κ1) is 14.0. The predicted molar refractivity (Wildman–Crippen MR) is 72.2 cm³/mol. The molecule has 1 heterocycles. The van der Waals surface area contributed by atoms with Crippen LogP contribution >= 0.6 is 0 Å². The lowest BCUT2D eigenvalue weighted by atomic mass is 10.1. The average molecular weight is 265 g/mol. The Morgan fingerprint density at radius 3 is 3.05 bits per heavy atom. The molecule has 0 aromatic heterocycles.